The lowest BCUT2D eigenvalue weighted by atomic mass is 9.98. The summed E-state index contributed by atoms with van der Waals surface area (Å²) in [6, 6.07) is 6.18. The maximum Gasteiger partial charge on any atom is 0.441 e. The van der Waals surface area contributed by atoms with Crippen LogP contribution in [0.2, 0.25) is 0 Å². The van der Waals surface area contributed by atoms with Crippen molar-refractivity contribution < 1.29 is 17.6 Å². The van der Waals surface area contributed by atoms with Crippen LogP contribution in [0, 0.1) is 5.82 Å². The minimum Gasteiger partial charge on any atom is -0.207 e. The van der Waals surface area contributed by atoms with E-state index in [0.717, 1.165) is 0 Å². The fourth-order valence-corrected chi connectivity index (χ4v) is 2.75. The van der Waals surface area contributed by atoms with Crippen molar-refractivity contribution in [3.8, 4) is 0 Å². The fraction of sp³-hybridized carbons (Fsp3) is 0.455. The summed E-state index contributed by atoms with van der Waals surface area (Å²) >= 11 is 3.14. The second-order valence-electron chi connectivity index (χ2n) is 3.46. The first-order chi connectivity index (χ1) is 7.94. The van der Waals surface area contributed by atoms with E-state index in [0.29, 0.717) is 10.9 Å². The molecule has 0 radical (unpaired) electrons. The van der Waals surface area contributed by atoms with Crippen molar-refractivity contribution in [2.75, 3.05) is 11.1 Å². The molecule has 0 fully saturated rings. The average molecular weight is 331 g/mol. The van der Waals surface area contributed by atoms with Gasteiger partial charge in [-0.1, -0.05) is 45.9 Å². The van der Waals surface area contributed by atoms with Gasteiger partial charge in [0.15, 0.2) is 0 Å². The molecule has 0 aliphatic heterocycles. The van der Waals surface area contributed by atoms with Crippen molar-refractivity contribution in [1.29, 1.82) is 0 Å². The smallest absolute Gasteiger partial charge is 0.207 e. The molecule has 1 rings (SSSR count). The minimum atomic E-state index is -4.22. The van der Waals surface area contributed by atoms with Crippen LogP contribution in [0.5, 0.6) is 0 Å². The van der Waals surface area contributed by atoms with E-state index in [2.05, 4.69) is 15.9 Å². The van der Waals surface area contributed by atoms with Crippen LogP contribution in [0.3, 0.4) is 0 Å². The van der Waals surface area contributed by atoms with Crippen LogP contribution < -0.4 is 0 Å². The Bertz CT molecular complexity index is 354. The van der Waals surface area contributed by atoms with Gasteiger partial charge in [0.1, 0.15) is 5.82 Å². The van der Waals surface area contributed by atoms with Crippen LogP contribution in [-0.2, 0) is 0 Å². The van der Waals surface area contributed by atoms with Gasteiger partial charge in [0.2, 0.25) is 0 Å². The molecule has 0 saturated carbocycles. The molecule has 0 bridgehead atoms. The lowest BCUT2D eigenvalue weighted by molar-refractivity contribution is -0.0328. The summed E-state index contributed by atoms with van der Waals surface area (Å²) in [4.78, 5) is 0. The number of hydrogen-bond donors (Lipinski definition) is 0. The Morgan fingerprint density at radius 3 is 2.41 bits per heavy atom. The zero-order valence-corrected chi connectivity index (χ0v) is 11.2. The van der Waals surface area contributed by atoms with E-state index in [1.165, 1.54) is 6.07 Å². The highest BCUT2D eigenvalue weighted by molar-refractivity contribution is 9.09. The van der Waals surface area contributed by atoms with Crippen molar-refractivity contribution in [2.45, 2.75) is 17.8 Å². The molecule has 0 aliphatic carbocycles. The zero-order valence-electron chi connectivity index (χ0n) is 8.81. The van der Waals surface area contributed by atoms with Crippen molar-refractivity contribution >= 4 is 27.7 Å². The molecule has 96 valence electrons. The monoisotopic (exact) mass is 330 g/mol. The van der Waals surface area contributed by atoms with Gasteiger partial charge in [-0.2, -0.15) is 13.2 Å². The number of alkyl halides is 4. The Hall–Kier alpha value is -0.230. The summed E-state index contributed by atoms with van der Waals surface area (Å²) in [5.74, 6) is -0.659. The van der Waals surface area contributed by atoms with Crippen molar-refractivity contribution in [1.82, 2.24) is 0 Å². The first kappa shape index (κ1) is 14.8. The molecule has 1 aromatic carbocycles. The van der Waals surface area contributed by atoms with Gasteiger partial charge < -0.3 is 0 Å². The Morgan fingerprint density at radius 1 is 1.24 bits per heavy atom. The van der Waals surface area contributed by atoms with Gasteiger partial charge in [-0.25, -0.2) is 4.39 Å². The molecule has 1 aromatic rings. The molecular weight excluding hydrogens is 320 g/mol. The van der Waals surface area contributed by atoms with Crippen LogP contribution in [-0.4, -0.2) is 16.6 Å². The van der Waals surface area contributed by atoms with Gasteiger partial charge in [0.25, 0.3) is 0 Å². The van der Waals surface area contributed by atoms with E-state index in [1.807, 2.05) is 0 Å². The maximum absolute atomic E-state index is 13.4. The van der Waals surface area contributed by atoms with E-state index in [-0.39, 0.29) is 35.7 Å². The number of hydrogen-bond acceptors (Lipinski definition) is 1. The molecule has 0 N–H and O–H groups in total. The summed E-state index contributed by atoms with van der Waals surface area (Å²) in [7, 11) is 0. The van der Waals surface area contributed by atoms with Gasteiger partial charge in [0, 0.05) is 11.1 Å². The lowest BCUT2D eigenvalue weighted by Gasteiger charge is -2.15. The first-order valence-electron chi connectivity index (χ1n) is 4.95. The van der Waals surface area contributed by atoms with Crippen LogP contribution in [0.1, 0.15) is 17.9 Å². The normalized spacial score (nSPS) is 13.7. The summed E-state index contributed by atoms with van der Waals surface area (Å²) in [6.07, 6.45) is 0.288. The topological polar surface area (TPSA) is 0 Å². The number of halogens is 5. The highest BCUT2D eigenvalue weighted by Crippen LogP contribution is 2.33. The third-order valence-electron chi connectivity index (χ3n) is 2.26. The Balaban J connectivity index is 2.58. The summed E-state index contributed by atoms with van der Waals surface area (Å²) in [5.41, 5.74) is -3.75. The van der Waals surface area contributed by atoms with Gasteiger partial charge in [-0.3, -0.25) is 0 Å². The quantitative estimate of drug-likeness (QED) is 0.544. The highest BCUT2D eigenvalue weighted by atomic mass is 79.9. The zero-order chi connectivity index (χ0) is 12.9. The lowest BCUT2D eigenvalue weighted by Crippen LogP contribution is -2.07. The van der Waals surface area contributed by atoms with Gasteiger partial charge in [-0.05, 0) is 24.0 Å². The van der Waals surface area contributed by atoms with Crippen LogP contribution in [0.4, 0.5) is 17.6 Å². The van der Waals surface area contributed by atoms with Gasteiger partial charge in [0.05, 0.1) is 0 Å². The molecule has 6 heteroatoms. The van der Waals surface area contributed by atoms with E-state index < -0.39 is 5.51 Å². The summed E-state index contributed by atoms with van der Waals surface area (Å²) in [5, 5.41) is 0.451. The van der Waals surface area contributed by atoms with Crippen LogP contribution >= 0.6 is 27.7 Å². The molecule has 17 heavy (non-hydrogen) atoms. The number of thioether (sulfide) groups is 1. The van der Waals surface area contributed by atoms with Crippen LogP contribution in [0.15, 0.2) is 24.3 Å². The fourth-order valence-electron chi connectivity index (χ4n) is 1.44. The third-order valence-corrected chi connectivity index (χ3v) is 3.81. The number of rotatable bonds is 5. The summed E-state index contributed by atoms with van der Waals surface area (Å²) in [6.45, 7) is 0. The average Bonchev–Trinajstić information content (AvgIpc) is 2.24. The van der Waals surface area contributed by atoms with Gasteiger partial charge >= 0.3 is 5.51 Å². The molecule has 0 heterocycles. The van der Waals surface area contributed by atoms with E-state index in [4.69, 9.17) is 0 Å². The summed E-state index contributed by atoms with van der Waals surface area (Å²) < 4.78 is 49.3. The predicted molar refractivity (Wildman–Crippen MR) is 66.1 cm³/mol. The van der Waals surface area contributed by atoms with Crippen molar-refractivity contribution in [3.05, 3.63) is 35.6 Å². The largest absolute Gasteiger partial charge is 0.441 e. The minimum absolute atomic E-state index is 0.0614. The second kappa shape index (κ2) is 6.64. The Kier molecular flexibility index (Phi) is 5.79. The van der Waals surface area contributed by atoms with Crippen LogP contribution in [0.25, 0.3) is 0 Å². The molecule has 0 nitrogen and oxygen atoms in total. The SMILES string of the molecule is Fc1ccccc1C(CBr)CCSC(F)(F)F. The first-order valence-corrected chi connectivity index (χ1v) is 7.06. The Morgan fingerprint density at radius 2 is 1.88 bits per heavy atom. The third kappa shape index (κ3) is 5.29. The second-order valence-corrected chi connectivity index (χ2v) is 5.26. The molecule has 0 amide bonds. The molecule has 0 aromatic heterocycles. The van der Waals surface area contributed by atoms with E-state index in [1.54, 1.807) is 18.2 Å². The maximum atomic E-state index is 13.4. The standard InChI is InChI=1S/C11H11BrF4S/c12-7-8(5-6-17-11(14,15)16)9-3-1-2-4-10(9)13/h1-4,8H,5-7H2. The molecule has 1 unspecified atom stereocenters. The molecule has 0 aliphatic rings. The van der Waals surface area contributed by atoms with Crippen molar-refractivity contribution in [2.24, 2.45) is 0 Å². The number of benzene rings is 1. The van der Waals surface area contributed by atoms with E-state index >= 15 is 0 Å². The van der Waals surface area contributed by atoms with Crippen molar-refractivity contribution in [3.63, 3.8) is 0 Å². The molecule has 0 saturated heterocycles. The Labute approximate surface area is 110 Å². The predicted octanol–water partition coefficient (Wildman–Crippen LogP) is 4.95. The molecular formula is C11H11BrF4S. The highest BCUT2D eigenvalue weighted by Gasteiger charge is 2.28. The van der Waals surface area contributed by atoms with Gasteiger partial charge in [-0.15, -0.1) is 0 Å². The molecule has 1 atom stereocenters. The molecule has 0 spiro atoms. The van der Waals surface area contributed by atoms with E-state index in [9.17, 15) is 17.6 Å².